The molecule has 1 atom stereocenters. The van der Waals surface area contributed by atoms with Gasteiger partial charge >= 0.3 is 0 Å². The van der Waals surface area contributed by atoms with Gasteiger partial charge in [0.15, 0.2) is 0 Å². The Kier molecular flexibility index (Phi) is 3.58. The fourth-order valence-electron chi connectivity index (χ4n) is 2.01. The van der Waals surface area contributed by atoms with Gasteiger partial charge in [-0.1, -0.05) is 0 Å². The van der Waals surface area contributed by atoms with Crippen molar-refractivity contribution in [1.29, 1.82) is 0 Å². The van der Waals surface area contributed by atoms with Crippen LogP contribution >= 0.6 is 0 Å². The van der Waals surface area contributed by atoms with Crippen molar-refractivity contribution in [2.45, 2.75) is 6.42 Å². The highest BCUT2D eigenvalue weighted by Crippen LogP contribution is 2.17. The van der Waals surface area contributed by atoms with E-state index in [1.807, 2.05) is 26.2 Å². The van der Waals surface area contributed by atoms with Gasteiger partial charge in [-0.3, -0.25) is 4.79 Å². The minimum atomic E-state index is 0.0911. The highest BCUT2D eigenvalue weighted by atomic mass is 16.1. The predicted molar refractivity (Wildman–Crippen MR) is 68.0 cm³/mol. The molecule has 0 aliphatic carbocycles. The molecule has 2 N–H and O–H groups in total. The molecule has 1 saturated heterocycles. The van der Waals surface area contributed by atoms with E-state index < -0.39 is 0 Å². The van der Waals surface area contributed by atoms with Crippen LogP contribution in [-0.4, -0.2) is 43.0 Å². The number of carbonyl (C=O) groups is 1. The summed E-state index contributed by atoms with van der Waals surface area (Å²) in [6.45, 7) is 1.84. The van der Waals surface area contributed by atoms with Gasteiger partial charge in [-0.15, -0.1) is 0 Å². The summed E-state index contributed by atoms with van der Waals surface area (Å²) in [7, 11) is 3.85. The summed E-state index contributed by atoms with van der Waals surface area (Å²) < 4.78 is 0. The van der Waals surface area contributed by atoms with Crippen molar-refractivity contribution in [1.82, 2.24) is 9.88 Å². The minimum absolute atomic E-state index is 0.0911. The second-order valence-electron chi connectivity index (χ2n) is 4.42. The molecule has 2 heterocycles. The molecular formula is C12H18N4O. The minimum Gasteiger partial charge on any atom is -0.373 e. The highest BCUT2D eigenvalue weighted by molar-refractivity contribution is 5.92. The summed E-state index contributed by atoms with van der Waals surface area (Å²) in [5.74, 6) is 0.987. The number of hydrogen-bond donors (Lipinski definition) is 2. The van der Waals surface area contributed by atoms with Crippen molar-refractivity contribution in [3.63, 3.8) is 0 Å². The maximum Gasteiger partial charge on any atom is 0.228 e. The second kappa shape index (κ2) is 5.14. The topological polar surface area (TPSA) is 57.3 Å². The number of nitrogens with zero attached hydrogens (tertiary/aromatic N) is 2. The summed E-state index contributed by atoms with van der Waals surface area (Å²) in [5, 5.41) is 5.84. The van der Waals surface area contributed by atoms with Gasteiger partial charge in [0.1, 0.15) is 5.82 Å². The maximum atomic E-state index is 11.9. The van der Waals surface area contributed by atoms with Crippen molar-refractivity contribution in [2.24, 2.45) is 5.92 Å². The van der Waals surface area contributed by atoms with Gasteiger partial charge in [-0.05, 0) is 32.1 Å². The van der Waals surface area contributed by atoms with E-state index in [1.165, 1.54) is 0 Å². The Morgan fingerprint density at radius 2 is 2.35 bits per heavy atom. The van der Waals surface area contributed by atoms with E-state index in [-0.39, 0.29) is 11.8 Å². The summed E-state index contributed by atoms with van der Waals surface area (Å²) in [6, 6.07) is 3.70. The standard InChI is InChI=1S/C12H18N4O/c1-13-11-4-3-10(7-14-11)15-12(17)9-5-6-16(2)8-9/h3-4,7,9H,5-6,8H2,1-2H3,(H,13,14)(H,15,17). The number of amides is 1. The number of hydrogen-bond acceptors (Lipinski definition) is 4. The van der Waals surface area contributed by atoms with Crippen LogP contribution in [0.25, 0.3) is 0 Å². The lowest BCUT2D eigenvalue weighted by Crippen LogP contribution is -2.25. The molecule has 17 heavy (non-hydrogen) atoms. The molecule has 92 valence electrons. The van der Waals surface area contributed by atoms with Crippen molar-refractivity contribution in [3.8, 4) is 0 Å². The molecule has 0 saturated carbocycles. The fraction of sp³-hybridized carbons (Fsp3) is 0.500. The Morgan fingerprint density at radius 1 is 1.53 bits per heavy atom. The molecule has 0 aromatic carbocycles. The first kappa shape index (κ1) is 11.9. The lowest BCUT2D eigenvalue weighted by molar-refractivity contribution is -0.119. The lowest BCUT2D eigenvalue weighted by atomic mass is 10.1. The number of carbonyl (C=O) groups excluding carboxylic acids is 1. The Hall–Kier alpha value is -1.62. The van der Waals surface area contributed by atoms with Gasteiger partial charge in [-0.25, -0.2) is 4.98 Å². The average molecular weight is 234 g/mol. The average Bonchev–Trinajstić information content (AvgIpc) is 2.77. The number of likely N-dealkylation sites (tertiary alicyclic amines) is 1. The number of rotatable bonds is 3. The van der Waals surface area contributed by atoms with E-state index in [0.29, 0.717) is 0 Å². The molecule has 1 fully saturated rings. The lowest BCUT2D eigenvalue weighted by Gasteiger charge is -2.11. The zero-order chi connectivity index (χ0) is 12.3. The zero-order valence-electron chi connectivity index (χ0n) is 10.2. The van der Waals surface area contributed by atoms with Crippen LogP contribution in [0, 0.1) is 5.92 Å². The SMILES string of the molecule is CNc1ccc(NC(=O)C2CCN(C)C2)cn1. The van der Waals surface area contributed by atoms with Crippen LogP contribution < -0.4 is 10.6 Å². The molecule has 0 radical (unpaired) electrons. The van der Waals surface area contributed by atoms with Crippen molar-refractivity contribution in [2.75, 3.05) is 37.8 Å². The van der Waals surface area contributed by atoms with Crippen LogP contribution in [0.2, 0.25) is 0 Å². The summed E-state index contributed by atoms with van der Waals surface area (Å²) >= 11 is 0. The van der Waals surface area contributed by atoms with Gasteiger partial charge in [0.25, 0.3) is 0 Å². The van der Waals surface area contributed by atoms with Crippen LogP contribution in [0.15, 0.2) is 18.3 Å². The molecule has 2 rings (SSSR count). The Morgan fingerprint density at radius 3 is 2.88 bits per heavy atom. The third-order valence-electron chi connectivity index (χ3n) is 3.05. The smallest absolute Gasteiger partial charge is 0.228 e. The van der Waals surface area contributed by atoms with E-state index in [2.05, 4.69) is 20.5 Å². The third-order valence-corrected chi connectivity index (χ3v) is 3.05. The summed E-state index contributed by atoms with van der Waals surface area (Å²) in [6.07, 6.45) is 2.60. The van der Waals surface area contributed by atoms with E-state index in [4.69, 9.17) is 0 Å². The van der Waals surface area contributed by atoms with Crippen LogP contribution in [-0.2, 0) is 4.79 Å². The molecule has 1 aliphatic heterocycles. The van der Waals surface area contributed by atoms with Crippen LogP contribution in [0.4, 0.5) is 11.5 Å². The first-order valence-electron chi connectivity index (χ1n) is 5.82. The maximum absolute atomic E-state index is 11.9. The number of anilines is 2. The Labute approximate surface area is 101 Å². The predicted octanol–water partition coefficient (Wildman–Crippen LogP) is 1.01. The van der Waals surface area contributed by atoms with Crippen molar-refractivity contribution in [3.05, 3.63) is 18.3 Å². The van der Waals surface area contributed by atoms with Gasteiger partial charge < -0.3 is 15.5 Å². The Bertz CT molecular complexity index is 390. The number of nitrogens with one attached hydrogen (secondary N) is 2. The number of aromatic nitrogens is 1. The van der Waals surface area contributed by atoms with Crippen LogP contribution in [0.5, 0.6) is 0 Å². The summed E-state index contributed by atoms with van der Waals surface area (Å²) in [4.78, 5) is 18.3. The normalized spacial score (nSPS) is 20.2. The molecule has 1 aromatic heterocycles. The molecule has 1 amide bonds. The quantitative estimate of drug-likeness (QED) is 0.819. The monoisotopic (exact) mass is 234 g/mol. The molecule has 0 spiro atoms. The van der Waals surface area contributed by atoms with E-state index >= 15 is 0 Å². The molecule has 0 bridgehead atoms. The third kappa shape index (κ3) is 2.94. The molecule has 1 aromatic rings. The van der Waals surface area contributed by atoms with Gasteiger partial charge in [0.2, 0.25) is 5.91 Å². The fourth-order valence-corrected chi connectivity index (χ4v) is 2.01. The Balaban J connectivity index is 1.93. The van der Waals surface area contributed by atoms with Gasteiger partial charge in [-0.2, -0.15) is 0 Å². The van der Waals surface area contributed by atoms with Crippen molar-refractivity contribution >= 4 is 17.4 Å². The van der Waals surface area contributed by atoms with E-state index in [9.17, 15) is 4.79 Å². The van der Waals surface area contributed by atoms with Crippen LogP contribution in [0.3, 0.4) is 0 Å². The molecule has 1 aliphatic rings. The van der Waals surface area contributed by atoms with E-state index in [1.54, 1.807) is 6.20 Å². The first-order chi connectivity index (χ1) is 8.19. The molecule has 5 heteroatoms. The van der Waals surface area contributed by atoms with E-state index in [0.717, 1.165) is 31.0 Å². The van der Waals surface area contributed by atoms with Crippen molar-refractivity contribution < 1.29 is 4.79 Å². The van der Waals surface area contributed by atoms with Gasteiger partial charge in [0, 0.05) is 13.6 Å². The van der Waals surface area contributed by atoms with Crippen LogP contribution in [0.1, 0.15) is 6.42 Å². The highest BCUT2D eigenvalue weighted by Gasteiger charge is 2.25. The zero-order valence-corrected chi connectivity index (χ0v) is 10.2. The largest absolute Gasteiger partial charge is 0.373 e. The second-order valence-corrected chi connectivity index (χ2v) is 4.42. The van der Waals surface area contributed by atoms with Gasteiger partial charge in [0.05, 0.1) is 17.8 Å². The number of pyridine rings is 1. The first-order valence-corrected chi connectivity index (χ1v) is 5.82. The summed E-state index contributed by atoms with van der Waals surface area (Å²) in [5.41, 5.74) is 0.753. The molecule has 1 unspecified atom stereocenters. The molecular weight excluding hydrogens is 216 g/mol. The molecule has 5 nitrogen and oxygen atoms in total.